The molecule has 1 heterocycles. The van der Waals surface area contributed by atoms with Crippen LogP contribution in [0.3, 0.4) is 0 Å². The highest BCUT2D eigenvalue weighted by atomic mass is 16.5. The number of morpholine rings is 1. The summed E-state index contributed by atoms with van der Waals surface area (Å²) < 4.78 is 5.28. The number of hydrazine groups is 1. The van der Waals surface area contributed by atoms with E-state index in [1.807, 2.05) is 29.3 Å². The van der Waals surface area contributed by atoms with Gasteiger partial charge in [0.2, 0.25) is 5.91 Å². The SMILES string of the molecule is CC(=O)N(c1cc[c]cc1)N1CCOCC1. The predicted molar refractivity (Wildman–Crippen MR) is 60.8 cm³/mol. The molecule has 0 N–H and O–H groups in total. The monoisotopic (exact) mass is 219 g/mol. The zero-order valence-corrected chi connectivity index (χ0v) is 9.35. The van der Waals surface area contributed by atoms with Crippen LogP contribution in [0.5, 0.6) is 0 Å². The maximum absolute atomic E-state index is 11.7. The first-order valence-corrected chi connectivity index (χ1v) is 5.38. The molecular weight excluding hydrogens is 204 g/mol. The Morgan fingerprint density at radius 1 is 1.38 bits per heavy atom. The number of amides is 1. The Balaban J connectivity index is 2.20. The van der Waals surface area contributed by atoms with E-state index in [9.17, 15) is 4.79 Å². The van der Waals surface area contributed by atoms with Crippen LogP contribution in [0.2, 0.25) is 0 Å². The Bertz CT molecular complexity index is 347. The molecule has 2 rings (SSSR count). The second-order valence-corrected chi connectivity index (χ2v) is 3.66. The second-order valence-electron chi connectivity index (χ2n) is 3.66. The predicted octanol–water partition coefficient (Wildman–Crippen LogP) is 1.09. The van der Waals surface area contributed by atoms with Crippen molar-refractivity contribution in [2.75, 3.05) is 31.3 Å². The molecule has 1 saturated heterocycles. The molecule has 4 heteroatoms. The van der Waals surface area contributed by atoms with Gasteiger partial charge in [0.25, 0.3) is 0 Å². The van der Waals surface area contributed by atoms with Crippen molar-refractivity contribution in [3.8, 4) is 0 Å². The van der Waals surface area contributed by atoms with Gasteiger partial charge in [-0.1, -0.05) is 12.1 Å². The zero-order valence-electron chi connectivity index (χ0n) is 9.35. The van der Waals surface area contributed by atoms with Crippen molar-refractivity contribution in [2.45, 2.75) is 6.92 Å². The van der Waals surface area contributed by atoms with E-state index in [0.29, 0.717) is 13.2 Å². The van der Waals surface area contributed by atoms with Crippen LogP contribution in [-0.4, -0.2) is 37.2 Å². The van der Waals surface area contributed by atoms with E-state index in [2.05, 4.69) is 6.07 Å². The molecule has 85 valence electrons. The molecule has 16 heavy (non-hydrogen) atoms. The summed E-state index contributed by atoms with van der Waals surface area (Å²) in [6.07, 6.45) is 0. The first-order valence-electron chi connectivity index (χ1n) is 5.38. The molecule has 1 radical (unpaired) electrons. The minimum Gasteiger partial charge on any atom is -0.379 e. The first kappa shape index (κ1) is 11.1. The number of carbonyl (C=O) groups excluding carboxylic acids is 1. The number of benzene rings is 1. The number of carbonyl (C=O) groups is 1. The average Bonchev–Trinajstić information content (AvgIpc) is 2.31. The minimum atomic E-state index is 0.0214. The number of anilines is 1. The quantitative estimate of drug-likeness (QED) is 0.746. The summed E-state index contributed by atoms with van der Waals surface area (Å²) in [6, 6.07) is 10.3. The minimum absolute atomic E-state index is 0.0214. The Labute approximate surface area is 95.4 Å². The van der Waals surface area contributed by atoms with E-state index in [1.165, 1.54) is 0 Å². The van der Waals surface area contributed by atoms with Crippen molar-refractivity contribution in [2.24, 2.45) is 0 Å². The van der Waals surface area contributed by atoms with E-state index >= 15 is 0 Å². The summed E-state index contributed by atoms with van der Waals surface area (Å²) >= 11 is 0. The van der Waals surface area contributed by atoms with Crippen LogP contribution in [0.15, 0.2) is 24.3 Å². The van der Waals surface area contributed by atoms with E-state index in [0.717, 1.165) is 18.8 Å². The van der Waals surface area contributed by atoms with Gasteiger partial charge in [0, 0.05) is 20.0 Å². The fraction of sp³-hybridized carbons (Fsp3) is 0.417. The Hall–Kier alpha value is -1.39. The summed E-state index contributed by atoms with van der Waals surface area (Å²) in [6.45, 7) is 4.41. The third kappa shape index (κ3) is 2.40. The number of ether oxygens (including phenoxy) is 1. The molecule has 1 amide bonds. The fourth-order valence-corrected chi connectivity index (χ4v) is 1.82. The van der Waals surface area contributed by atoms with Crippen molar-refractivity contribution in [3.05, 3.63) is 30.3 Å². The van der Waals surface area contributed by atoms with Gasteiger partial charge in [-0.25, -0.2) is 10.0 Å². The summed E-state index contributed by atoms with van der Waals surface area (Å²) in [4.78, 5) is 11.7. The first-order chi connectivity index (χ1) is 7.79. The van der Waals surface area contributed by atoms with Gasteiger partial charge in [0.1, 0.15) is 0 Å². The number of hydrogen-bond donors (Lipinski definition) is 0. The molecule has 0 bridgehead atoms. The van der Waals surface area contributed by atoms with Crippen LogP contribution >= 0.6 is 0 Å². The van der Waals surface area contributed by atoms with Gasteiger partial charge in [-0.05, 0) is 18.2 Å². The molecule has 1 aliphatic heterocycles. The van der Waals surface area contributed by atoms with Crippen LogP contribution in [0, 0.1) is 6.07 Å². The van der Waals surface area contributed by atoms with Gasteiger partial charge >= 0.3 is 0 Å². The Morgan fingerprint density at radius 3 is 2.56 bits per heavy atom. The van der Waals surface area contributed by atoms with Gasteiger partial charge in [-0.15, -0.1) is 0 Å². The second kappa shape index (κ2) is 5.09. The Kier molecular flexibility index (Phi) is 3.54. The Morgan fingerprint density at radius 2 is 2.00 bits per heavy atom. The highest BCUT2D eigenvalue weighted by Gasteiger charge is 2.21. The lowest BCUT2D eigenvalue weighted by molar-refractivity contribution is -0.120. The molecule has 1 aliphatic rings. The van der Waals surface area contributed by atoms with Crippen LogP contribution in [0.25, 0.3) is 0 Å². The molecule has 0 aliphatic carbocycles. The van der Waals surface area contributed by atoms with Gasteiger partial charge < -0.3 is 4.74 Å². The molecule has 1 aromatic carbocycles. The van der Waals surface area contributed by atoms with Crippen molar-refractivity contribution in [3.63, 3.8) is 0 Å². The fourth-order valence-electron chi connectivity index (χ4n) is 1.82. The van der Waals surface area contributed by atoms with Gasteiger partial charge in [-0.3, -0.25) is 4.79 Å². The van der Waals surface area contributed by atoms with Crippen LogP contribution in [0.4, 0.5) is 5.69 Å². The third-order valence-corrected chi connectivity index (χ3v) is 2.51. The lowest BCUT2D eigenvalue weighted by Gasteiger charge is -2.36. The molecule has 0 aromatic heterocycles. The molecule has 1 aromatic rings. The largest absolute Gasteiger partial charge is 0.379 e. The van der Waals surface area contributed by atoms with Gasteiger partial charge in [0.05, 0.1) is 18.9 Å². The molecule has 0 spiro atoms. The number of hydrogen-bond acceptors (Lipinski definition) is 3. The average molecular weight is 219 g/mol. The number of nitrogens with zero attached hydrogens (tertiary/aromatic N) is 2. The summed E-state index contributed by atoms with van der Waals surface area (Å²) in [5.74, 6) is 0.0214. The van der Waals surface area contributed by atoms with Crippen molar-refractivity contribution < 1.29 is 9.53 Å². The third-order valence-electron chi connectivity index (χ3n) is 2.51. The van der Waals surface area contributed by atoms with E-state index in [4.69, 9.17) is 4.74 Å². The standard InChI is InChI=1S/C12H15N2O2/c1-11(15)14(12-5-3-2-4-6-12)13-7-9-16-10-8-13/h3-6H,7-10H2,1H3. The van der Waals surface area contributed by atoms with E-state index < -0.39 is 0 Å². The molecule has 0 atom stereocenters. The summed E-state index contributed by atoms with van der Waals surface area (Å²) in [7, 11) is 0. The molecule has 4 nitrogen and oxygen atoms in total. The van der Waals surface area contributed by atoms with Gasteiger partial charge in [0.15, 0.2) is 0 Å². The maximum atomic E-state index is 11.7. The molecule has 0 saturated carbocycles. The zero-order chi connectivity index (χ0) is 11.4. The van der Waals surface area contributed by atoms with Crippen molar-refractivity contribution >= 4 is 11.6 Å². The topological polar surface area (TPSA) is 32.8 Å². The highest BCUT2D eigenvalue weighted by molar-refractivity contribution is 5.90. The van der Waals surface area contributed by atoms with Crippen molar-refractivity contribution in [1.29, 1.82) is 0 Å². The van der Waals surface area contributed by atoms with Gasteiger partial charge in [-0.2, -0.15) is 0 Å². The maximum Gasteiger partial charge on any atom is 0.238 e. The van der Waals surface area contributed by atoms with Crippen molar-refractivity contribution in [1.82, 2.24) is 5.01 Å². The lowest BCUT2D eigenvalue weighted by Crippen LogP contribution is -2.51. The van der Waals surface area contributed by atoms with E-state index in [1.54, 1.807) is 11.9 Å². The summed E-state index contributed by atoms with van der Waals surface area (Å²) in [5, 5.41) is 3.72. The van der Waals surface area contributed by atoms with Crippen LogP contribution in [-0.2, 0) is 9.53 Å². The molecule has 1 fully saturated rings. The number of rotatable bonds is 2. The van der Waals surface area contributed by atoms with E-state index in [-0.39, 0.29) is 5.91 Å². The molecular formula is C12H15N2O2. The smallest absolute Gasteiger partial charge is 0.238 e. The lowest BCUT2D eigenvalue weighted by atomic mass is 10.3. The normalized spacial score (nSPS) is 17.1. The molecule has 0 unspecified atom stereocenters. The highest BCUT2D eigenvalue weighted by Crippen LogP contribution is 2.16. The summed E-state index contributed by atoms with van der Waals surface area (Å²) in [5.41, 5.74) is 0.883. The van der Waals surface area contributed by atoms with Crippen LogP contribution < -0.4 is 5.01 Å². The van der Waals surface area contributed by atoms with Crippen LogP contribution in [0.1, 0.15) is 6.92 Å².